The van der Waals surface area contributed by atoms with Gasteiger partial charge in [-0.2, -0.15) is 0 Å². The van der Waals surface area contributed by atoms with Crippen LogP contribution in [0.5, 0.6) is 0 Å². The number of carbonyl (C=O) groups excluding carboxylic acids is 1. The van der Waals surface area contributed by atoms with E-state index in [4.69, 9.17) is 4.74 Å². The van der Waals surface area contributed by atoms with Crippen LogP contribution >= 0.6 is 7.26 Å². The van der Waals surface area contributed by atoms with Crippen molar-refractivity contribution < 1.29 is 9.53 Å². The van der Waals surface area contributed by atoms with Gasteiger partial charge < -0.3 is 4.74 Å². The lowest BCUT2D eigenvalue weighted by Crippen LogP contribution is -2.27. The maximum Gasteiger partial charge on any atom is 0.333 e. The van der Waals surface area contributed by atoms with E-state index in [9.17, 15) is 4.79 Å². The van der Waals surface area contributed by atoms with Gasteiger partial charge in [-0.3, -0.25) is 0 Å². The molecule has 0 bridgehead atoms. The summed E-state index contributed by atoms with van der Waals surface area (Å²) in [5.41, 5.74) is 0. The summed E-state index contributed by atoms with van der Waals surface area (Å²) in [6.45, 7) is 12.8. The van der Waals surface area contributed by atoms with Crippen LogP contribution in [-0.2, 0) is 9.53 Å². The Balaban J connectivity index is 4.94. The summed E-state index contributed by atoms with van der Waals surface area (Å²) in [4.78, 5) is 12.2. The van der Waals surface area contributed by atoms with E-state index in [1.807, 2.05) is 0 Å². The van der Waals surface area contributed by atoms with E-state index in [-0.39, 0.29) is 11.8 Å². The van der Waals surface area contributed by atoms with Crippen molar-refractivity contribution in [2.24, 2.45) is 0 Å². The first-order chi connectivity index (χ1) is 14.6. The fourth-order valence-corrected chi connectivity index (χ4v) is 9.87. The van der Waals surface area contributed by atoms with Gasteiger partial charge in [0.05, 0.1) is 25.7 Å². The second kappa shape index (κ2) is 20.5. The van der Waals surface area contributed by atoms with E-state index in [0.29, 0.717) is 0 Å². The number of rotatable bonds is 22. The van der Waals surface area contributed by atoms with Crippen molar-refractivity contribution in [3.05, 3.63) is 12.7 Å². The van der Waals surface area contributed by atoms with Crippen molar-refractivity contribution in [1.29, 1.82) is 0 Å². The minimum absolute atomic E-state index is 0.164. The first-order valence-corrected chi connectivity index (χ1v) is 15.7. The Hall–Kier alpha value is -0.360. The van der Waals surface area contributed by atoms with Crippen molar-refractivity contribution >= 4 is 13.2 Å². The molecular formula is C27H54O2P+. The SMILES string of the molecule is C=CC(=O)OC(CCCCCCCCCCC)[P+](CCCC)(CCCC)CCCC. The molecule has 0 aliphatic carbocycles. The van der Waals surface area contributed by atoms with Gasteiger partial charge in [-0.15, -0.1) is 0 Å². The zero-order valence-corrected chi connectivity index (χ0v) is 22.0. The summed E-state index contributed by atoms with van der Waals surface area (Å²) in [6.07, 6.45) is 26.0. The van der Waals surface area contributed by atoms with Gasteiger partial charge in [0.25, 0.3) is 0 Å². The zero-order chi connectivity index (χ0) is 22.5. The van der Waals surface area contributed by atoms with Crippen LogP contribution in [0.1, 0.15) is 130 Å². The van der Waals surface area contributed by atoms with E-state index in [0.717, 1.165) is 6.42 Å². The number of unbranched alkanes of at least 4 members (excludes halogenated alkanes) is 11. The van der Waals surface area contributed by atoms with E-state index in [1.54, 1.807) is 0 Å². The van der Waals surface area contributed by atoms with Crippen LogP contribution in [0.15, 0.2) is 12.7 Å². The molecule has 0 radical (unpaired) electrons. The highest BCUT2D eigenvalue weighted by atomic mass is 31.2. The number of esters is 1. The zero-order valence-electron chi connectivity index (χ0n) is 21.1. The standard InChI is InChI=1S/C27H54O2P/c1-6-11-15-16-17-18-19-20-21-22-27(29-26(28)10-5)30(23-12-7-2,24-13-8-3)25-14-9-4/h10,27H,5-9,11-25H2,1-4H3/q+1. The topological polar surface area (TPSA) is 26.3 Å². The van der Waals surface area contributed by atoms with Crippen molar-refractivity contribution in [2.45, 2.75) is 136 Å². The molecule has 3 heteroatoms. The van der Waals surface area contributed by atoms with Crippen LogP contribution in [-0.4, -0.2) is 30.3 Å². The van der Waals surface area contributed by atoms with Crippen molar-refractivity contribution in [1.82, 2.24) is 0 Å². The Morgan fingerprint density at radius 2 is 1.10 bits per heavy atom. The monoisotopic (exact) mass is 441 g/mol. The molecule has 178 valence electrons. The molecule has 0 aromatic rings. The molecule has 1 unspecified atom stereocenters. The number of carbonyl (C=O) groups is 1. The van der Waals surface area contributed by atoms with Gasteiger partial charge in [0, 0.05) is 12.5 Å². The second-order valence-corrected chi connectivity index (χ2v) is 13.5. The smallest absolute Gasteiger partial charge is 0.333 e. The van der Waals surface area contributed by atoms with Crippen LogP contribution in [0.25, 0.3) is 0 Å². The summed E-state index contributed by atoms with van der Waals surface area (Å²) >= 11 is 0. The minimum atomic E-state index is -1.29. The highest BCUT2D eigenvalue weighted by molar-refractivity contribution is 7.76. The third kappa shape index (κ3) is 13.8. The van der Waals surface area contributed by atoms with E-state index < -0.39 is 7.26 Å². The highest BCUT2D eigenvalue weighted by Crippen LogP contribution is 2.66. The third-order valence-electron chi connectivity index (χ3n) is 6.46. The molecule has 0 rings (SSSR count). The van der Waals surface area contributed by atoms with Gasteiger partial charge in [0.1, 0.15) is 0 Å². The first kappa shape index (κ1) is 29.6. The highest BCUT2D eigenvalue weighted by Gasteiger charge is 2.46. The van der Waals surface area contributed by atoms with E-state index in [1.165, 1.54) is 121 Å². The average molecular weight is 442 g/mol. The molecule has 0 amide bonds. The molecule has 0 aliphatic rings. The molecule has 0 N–H and O–H groups in total. The summed E-state index contributed by atoms with van der Waals surface area (Å²) in [5, 5.41) is 0. The Labute approximate surface area is 190 Å². The van der Waals surface area contributed by atoms with Gasteiger partial charge in [-0.25, -0.2) is 4.79 Å². The minimum Gasteiger partial charge on any atom is -0.424 e. The fourth-order valence-electron chi connectivity index (χ4n) is 4.44. The van der Waals surface area contributed by atoms with Crippen molar-refractivity contribution in [2.75, 3.05) is 18.5 Å². The predicted octanol–water partition coefficient (Wildman–Crippen LogP) is 9.38. The Kier molecular flexibility index (Phi) is 20.3. The lowest BCUT2D eigenvalue weighted by Gasteiger charge is -2.34. The van der Waals surface area contributed by atoms with Crippen LogP contribution in [0.4, 0.5) is 0 Å². The lowest BCUT2D eigenvalue weighted by molar-refractivity contribution is -0.139. The maximum absolute atomic E-state index is 12.2. The Morgan fingerprint density at radius 3 is 1.50 bits per heavy atom. The lowest BCUT2D eigenvalue weighted by atomic mass is 10.1. The molecule has 0 saturated carbocycles. The van der Waals surface area contributed by atoms with Gasteiger partial charge >= 0.3 is 5.97 Å². The molecule has 0 heterocycles. The van der Waals surface area contributed by atoms with Gasteiger partial charge in [0.2, 0.25) is 5.85 Å². The molecular weight excluding hydrogens is 387 g/mol. The van der Waals surface area contributed by atoms with Gasteiger partial charge in [-0.1, -0.05) is 105 Å². The molecule has 0 aromatic heterocycles. The summed E-state index contributed by atoms with van der Waals surface area (Å²) in [5.74, 6) is -0.0398. The average Bonchev–Trinajstić information content (AvgIpc) is 2.76. The van der Waals surface area contributed by atoms with E-state index >= 15 is 0 Å². The van der Waals surface area contributed by atoms with Gasteiger partial charge in [-0.05, 0) is 25.7 Å². The summed E-state index contributed by atoms with van der Waals surface area (Å²) in [6, 6.07) is 0. The quantitative estimate of drug-likeness (QED) is 0.0723. The first-order valence-electron chi connectivity index (χ1n) is 13.3. The molecule has 0 aromatic carbocycles. The summed E-state index contributed by atoms with van der Waals surface area (Å²) < 4.78 is 6.12. The van der Waals surface area contributed by atoms with Gasteiger partial charge in [0.15, 0.2) is 0 Å². The molecule has 0 aliphatic heterocycles. The largest absolute Gasteiger partial charge is 0.424 e. The van der Waals surface area contributed by atoms with Crippen LogP contribution in [0, 0.1) is 0 Å². The van der Waals surface area contributed by atoms with Crippen LogP contribution in [0.3, 0.4) is 0 Å². The summed E-state index contributed by atoms with van der Waals surface area (Å²) in [7, 11) is -1.29. The third-order valence-corrected chi connectivity index (χ3v) is 11.7. The number of hydrogen-bond donors (Lipinski definition) is 0. The number of ether oxygens (including phenoxy) is 1. The van der Waals surface area contributed by atoms with Crippen LogP contribution < -0.4 is 0 Å². The molecule has 2 nitrogen and oxygen atoms in total. The fraction of sp³-hybridized carbons (Fsp3) is 0.889. The molecule has 0 spiro atoms. The van der Waals surface area contributed by atoms with E-state index in [2.05, 4.69) is 34.3 Å². The second-order valence-electron chi connectivity index (χ2n) is 9.16. The molecule has 0 saturated heterocycles. The number of hydrogen-bond acceptors (Lipinski definition) is 2. The maximum atomic E-state index is 12.2. The van der Waals surface area contributed by atoms with Crippen molar-refractivity contribution in [3.63, 3.8) is 0 Å². The Morgan fingerprint density at radius 1 is 0.700 bits per heavy atom. The normalized spacial score (nSPS) is 12.7. The molecule has 30 heavy (non-hydrogen) atoms. The predicted molar refractivity (Wildman–Crippen MR) is 138 cm³/mol. The van der Waals surface area contributed by atoms with Crippen LogP contribution in [0.2, 0.25) is 0 Å². The van der Waals surface area contributed by atoms with Crippen molar-refractivity contribution in [3.8, 4) is 0 Å². The Bertz CT molecular complexity index is 386. The molecule has 0 fully saturated rings. The molecule has 1 atom stereocenters.